The molecule has 8 heteroatoms. The smallest absolute Gasteiger partial charge is 0.229 e. The van der Waals surface area contributed by atoms with Gasteiger partial charge in [0.2, 0.25) is 6.29 Å². The molecule has 2 aliphatic rings. The molecule has 5 unspecified atom stereocenters. The molecular formula is C20H28N2O6. The van der Waals surface area contributed by atoms with Crippen molar-refractivity contribution in [1.29, 1.82) is 0 Å². The summed E-state index contributed by atoms with van der Waals surface area (Å²) in [5.74, 6) is 0.459. The van der Waals surface area contributed by atoms with E-state index >= 15 is 0 Å². The van der Waals surface area contributed by atoms with Gasteiger partial charge in [0, 0.05) is 35.8 Å². The van der Waals surface area contributed by atoms with Crippen molar-refractivity contribution < 1.29 is 29.9 Å². The van der Waals surface area contributed by atoms with Gasteiger partial charge in [-0.3, -0.25) is 0 Å². The zero-order valence-corrected chi connectivity index (χ0v) is 15.9. The van der Waals surface area contributed by atoms with Crippen LogP contribution in [0.4, 0.5) is 0 Å². The summed E-state index contributed by atoms with van der Waals surface area (Å²) < 4.78 is 11.1. The molecule has 5 atom stereocenters. The van der Waals surface area contributed by atoms with Crippen LogP contribution in [-0.4, -0.2) is 87.3 Å². The summed E-state index contributed by atoms with van der Waals surface area (Å²) in [5.41, 5.74) is 2.15. The predicted octanol–water partition coefficient (Wildman–Crippen LogP) is -0.0167. The number of likely N-dealkylation sites (N-methyl/N-ethyl adjacent to an activating group) is 1. The summed E-state index contributed by atoms with van der Waals surface area (Å²) >= 11 is 0. The second-order valence-corrected chi connectivity index (χ2v) is 7.80. The van der Waals surface area contributed by atoms with E-state index in [4.69, 9.17) is 9.47 Å². The van der Waals surface area contributed by atoms with Crippen LogP contribution in [0.25, 0.3) is 10.9 Å². The first-order chi connectivity index (χ1) is 13.5. The fraction of sp³-hybridized carbons (Fsp3) is 0.600. The maximum atomic E-state index is 10.1. The van der Waals surface area contributed by atoms with E-state index < -0.39 is 37.3 Å². The number of hydrogen-bond donors (Lipinski definition) is 5. The number of H-pyrrole nitrogens is 1. The lowest BCUT2D eigenvalue weighted by Gasteiger charge is -2.39. The molecule has 0 spiro atoms. The highest BCUT2D eigenvalue weighted by molar-refractivity contribution is 5.84. The third-order valence-electron chi connectivity index (χ3n) is 5.74. The Kier molecular flexibility index (Phi) is 5.59. The standard InChI is InChI=1S/C20H28N2O6/c1-22(12-2-3-12)7-6-11-9-21-15-8-13(4-5-14(11)15)27-20-19(26)18(25)17(24)16(10-23)28-20/h4-5,8-9,12,16-21,23-26H,2-3,6-7,10H2,1H3. The maximum Gasteiger partial charge on any atom is 0.229 e. The van der Waals surface area contributed by atoms with E-state index in [1.54, 1.807) is 6.07 Å². The Balaban J connectivity index is 1.44. The molecule has 154 valence electrons. The Hall–Kier alpha value is -1.68. The lowest BCUT2D eigenvalue weighted by molar-refractivity contribution is -0.277. The molecule has 2 aromatic rings. The van der Waals surface area contributed by atoms with Crippen LogP contribution in [0.15, 0.2) is 24.4 Å². The maximum absolute atomic E-state index is 10.1. The van der Waals surface area contributed by atoms with Crippen molar-refractivity contribution in [3.8, 4) is 5.75 Å². The largest absolute Gasteiger partial charge is 0.462 e. The highest BCUT2D eigenvalue weighted by atomic mass is 16.7. The van der Waals surface area contributed by atoms with E-state index in [1.165, 1.54) is 18.4 Å². The van der Waals surface area contributed by atoms with E-state index in [0.717, 1.165) is 29.9 Å². The Bertz CT molecular complexity index is 805. The summed E-state index contributed by atoms with van der Waals surface area (Å²) in [6, 6.07) is 6.29. The van der Waals surface area contributed by atoms with Crippen molar-refractivity contribution in [3.63, 3.8) is 0 Å². The van der Waals surface area contributed by atoms with Crippen LogP contribution < -0.4 is 4.74 Å². The van der Waals surface area contributed by atoms with Gasteiger partial charge in [0.1, 0.15) is 30.2 Å². The molecular weight excluding hydrogens is 364 g/mol. The lowest BCUT2D eigenvalue weighted by Crippen LogP contribution is -2.60. The molecule has 28 heavy (non-hydrogen) atoms. The molecule has 1 aliphatic carbocycles. The van der Waals surface area contributed by atoms with E-state index in [0.29, 0.717) is 5.75 Å². The number of aromatic nitrogens is 1. The van der Waals surface area contributed by atoms with Crippen molar-refractivity contribution in [2.75, 3.05) is 20.2 Å². The SMILES string of the molecule is CN(CCc1c[nH]c2cc(OC3OC(CO)C(O)C(O)C3O)ccc12)C1CC1. The average molecular weight is 392 g/mol. The number of aliphatic hydroxyl groups excluding tert-OH is 4. The molecule has 1 saturated heterocycles. The predicted molar refractivity (Wildman–Crippen MR) is 102 cm³/mol. The molecule has 1 aromatic carbocycles. The molecule has 4 rings (SSSR count). The van der Waals surface area contributed by atoms with Gasteiger partial charge in [0.05, 0.1) is 6.61 Å². The molecule has 1 aromatic heterocycles. The van der Waals surface area contributed by atoms with Crippen LogP contribution in [0, 0.1) is 0 Å². The fourth-order valence-electron chi connectivity index (χ4n) is 3.74. The molecule has 5 N–H and O–H groups in total. The van der Waals surface area contributed by atoms with Gasteiger partial charge in [-0.15, -0.1) is 0 Å². The second-order valence-electron chi connectivity index (χ2n) is 7.80. The third kappa shape index (κ3) is 3.89. The number of rotatable bonds is 7. The van der Waals surface area contributed by atoms with Crippen LogP contribution in [0.2, 0.25) is 0 Å². The zero-order chi connectivity index (χ0) is 19.8. The quantitative estimate of drug-likeness (QED) is 0.449. The van der Waals surface area contributed by atoms with Crippen molar-refractivity contribution in [2.45, 2.75) is 56.0 Å². The van der Waals surface area contributed by atoms with Crippen LogP contribution in [0.1, 0.15) is 18.4 Å². The highest BCUT2D eigenvalue weighted by Crippen LogP contribution is 2.29. The number of nitrogens with one attached hydrogen (secondary N) is 1. The molecule has 2 heterocycles. The van der Waals surface area contributed by atoms with Crippen molar-refractivity contribution >= 4 is 10.9 Å². The fourth-order valence-corrected chi connectivity index (χ4v) is 3.74. The summed E-state index contributed by atoms with van der Waals surface area (Å²) in [6.45, 7) is 0.528. The van der Waals surface area contributed by atoms with Crippen LogP contribution in [0.5, 0.6) is 5.75 Å². The molecule has 1 aliphatic heterocycles. The Labute approximate surface area is 163 Å². The number of aromatic amines is 1. The molecule has 0 radical (unpaired) electrons. The van der Waals surface area contributed by atoms with Crippen molar-refractivity contribution in [1.82, 2.24) is 9.88 Å². The van der Waals surface area contributed by atoms with E-state index in [-0.39, 0.29) is 0 Å². The monoisotopic (exact) mass is 392 g/mol. The van der Waals surface area contributed by atoms with Crippen LogP contribution in [0.3, 0.4) is 0 Å². The van der Waals surface area contributed by atoms with Gasteiger partial charge in [0.25, 0.3) is 0 Å². The number of nitrogens with zero attached hydrogens (tertiary/aromatic N) is 1. The highest BCUT2D eigenvalue weighted by Gasteiger charge is 2.44. The van der Waals surface area contributed by atoms with Gasteiger partial charge < -0.3 is 39.8 Å². The Morgan fingerprint density at radius 2 is 1.96 bits per heavy atom. The summed E-state index contributed by atoms with van der Waals surface area (Å²) in [6.07, 6.45) is -0.912. The summed E-state index contributed by atoms with van der Waals surface area (Å²) in [5, 5.41) is 40.3. The van der Waals surface area contributed by atoms with Crippen molar-refractivity contribution in [3.05, 3.63) is 30.0 Å². The lowest BCUT2D eigenvalue weighted by atomic mass is 9.99. The van der Waals surface area contributed by atoms with Gasteiger partial charge in [-0.2, -0.15) is 0 Å². The molecule has 0 bridgehead atoms. The second kappa shape index (κ2) is 7.98. The first-order valence-electron chi connectivity index (χ1n) is 9.75. The molecule has 1 saturated carbocycles. The van der Waals surface area contributed by atoms with Gasteiger partial charge >= 0.3 is 0 Å². The van der Waals surface area contributed by atoms with Crippen LogP contribution >= 0.6 is 0 Å². The number of aliphatic hydroxyl groups is 4. The molecule has 2 fully saturated rings. The zero-order valence-electron chi connectivity index (χ0n) is 15.9. The topological polar surface area (TPSA) is 118 Å². The Morgan fingerprint density at radius 3 is 2.68 bits per heavy atom. The minimum absolute atomic E-state index is 0.459. The number of ether oxygens (including phenoxy) is 2. The van der Waals surface area contributed by atoms with Gasteiger partial charge in [-0.1, -0.05) is 0 Å². The molecule has 8 nitrogen and oxygen atoms in total. The number of hydrogen-bond acceptors (Lipinski definition) is 7. The first-order valence-corrected chi connectivity index (χ1v) is 9.75. The minimum atomic E-state index is -1.46. The minimum Gasteiger partial charge on any atom is -0.462 e. The summed E-state index contributed by atoms with van der Waals surface area (Å²) in [7, 11) is 2.17. The van der Waals surface area contributed by atoms with Gasteiger partial charge in [-0.05, 0) is 44.0 Å². The molecule has 0 amide bonds. The Morgan fingerprint density at radius 1 is 1.18 bits per heavy atom. The number of fused-ring (bicyclic) bond motifs is 1. The average Bonchev–Trinajstić information content (AvgIpc) is 3.47. The first kappa shape index (κ1) is 19.6. The van der Waals surface area contributed by atoms with Crippen molar-refractivity contribution in [2.24, 2.45) is 0 Å². The van der Waals surface area contributed by atoms with Crippen LogP contribution in [-0.2, 0) is 11.2 Å². The normalized spacial score (nSPS) is 30.9. The van der Waals surface area contributed by atoms with E-state index in [1.807, 2.05) is 18.3 Å². The van der Waals surface area contributed by atoms with Gasteiger partial charge in [-0.25, -0.2) is 0 Å². The third-order valence-corrected chi connectivity index (χ3v) is 5.74. The van der Waals surface area contributed by atoms with Gasteiger partial charge in [0.15, 0.2) is 0 Å². The summed E-state index contributed by atoms with van der Waals surface area (Å²) in [4.78, 5) is 5.65. The van der Waals surface area contributed by atoms with E-state index in [2.05, 4.69) is 16.9 Å². The number of benzene rings is 1. The van der Waals surface area contributed by atoms with E-state index in [9.17, 15) is 20.4 Å².